The number of carboxylic acid groups (broad SMARTS) is 1. The van der Waals surface area contributed by atoms with Crippen molar-refractivity contribution >= 4 is 6.09 Å². The van der Waals surface area contributed by atoms with E-state index in [1.54, 1.807) is 12.0 Å². The highest BCUT2D eigenvalue weighted by Crippen LogP contribution is 2.37. The number of hydrogen-bond donors (Lipinski definition) is 1. The summed E-state index contributed by atoms with van der Waals surface area (Å²) in [5, 5.41) is 9.29. The number of benzene rings is 1. The summed E-state index contributed by atoms with van der Waals surface area (Å²) in [4.78, 5) is 12.9. The summed E-state index contributed by atoms with van der Waals surface area (Å²) < 4.78 is 11.2. The zero-order valence-corrected chi connectivity index (χ0v) is 12.9. The van der Waals surface area contributed by atoms with E-state index in [0.29, 0.717) is 6.61 Å². The zero-order valence-electron chi connectivity index (χ0n) is 12.9. The Kier molecular flexibility index (Phi) is 4.52. The first-order valence-corrected chi connectivity index (χ1v) is 7.93. The van der Waals surface area contributed by atoms with E-state index in [4.69, 9.17) is 9.47 Å². The Morgan fingerprint density at radius 3 is 2.68 bits per heavy atom. The summed E-state index contributed by atoms with van der Waals surface area (Å²) in [6.07, 6.45) is 3.72. The SMILES string of the molecule is COCCc1cccc(O[C@H]2C[C@H]3CC[C@@H](C2)N3C(=O)O)c1. The lowest BCUT2D eigenvalue weighted by Crippen LogP contribution is -2.48. The molecule has 0 aliphatic carbocycles. The topological polar surface area (TPSA) is 59.0 Å². The van der Waals surface area contributed by atoms with Gasteiger partial charge < -0.3 is 19.5 Å². The third-order valence-corrected chi connectivity index (χ3v) is 4.71. The van der Waals surface area contributed by atoms with Crippen molar-refractivity contribution in [2.24, 2.45) is 0 Å². The van der Waals surface area contributed by atoms with Gasteiger partial charge in [-0.3, -0.25) is 0 Å². The number of hydrogen-bond acceptors (Lipinski definition) is 3. The van der Waals surface area contributed by atoms with Crippen LogP contribution in [0.1, 0.15) is 31.2 Å². The first kappa shape index (κ1) is 15.2. The first-order valence-electron chi connectivity index (χ1n) is 7.93. The summed E-state index contributed by atoms with van der Waals surface area (Å²) >= 11 is 0. The lowest BCUT2D eigenvalue weighted by atomic mass is 10.00. The van der Waals surface area contributed by atoms with Crippen LogP contribution in [0.25, 0.3) is 0 Å². The van der Waals surface area contributed by atoms with Crippen LogP contribution in [-0.2, 0) is 11.2 Å². The van der Waals surface area contributed by atoms with E-state index in [1.807, 2.05) is 12.1 Å². The number of nitrogens with zero attached hydrogens (tertiary/aromatic N) is 1. The smallest absolute Gasteiger partial charge is 0.407 e. The lowest BCUT2D eigenvalue weighted by molar-refractivity contribution is 0.0496. The Morgan fingerprint density at radius 1 is 1.32 bits per heavy atom. The largest absolute Gasteiger partial charge is 0.490 e. The first-order chi connectivity index (χ1) is 10.7. The Labute approximate surface area is 130 Å². The molecule has 0 saturated carbocycles. The quantitative estimate of drug-likeness (QED) is 0.908. The summed E-state index contributed by atoms with van der Waals surface area (Å²) in [7, 11) is 1.70. The van der Waals surface area contributed by atoms with Gasteiger partial charge in [-0.1, -0.05) is 12.1 Å². The van der Waals surface area contributed by atoms with Gasteiger partial charge in [0.25, 0.3) is 0 Å². The summed E-state index contributed by atoms with van der Waals surface area (Å²) in [6, 6.07) is 8.35. The second-order valence-electron chi connectivity index (χ2n) is 6.18. The molecule has 0 radical (unpaired) electrons. The number of piperidine rings is 1. The molecule has 1 N–H and O–H groups in total. The van der Waals surface area contributed by atoms with Gasteiger partial charge in [0, 0.05) is 32.0 Å². The minimum absolute atomic E-state index is 0.116. The number of rotatable bonds is 5. The Hall–Kier alpha value is -1.75. The van der Waals surface area contributed by atoms with Crippen LogP contribution in [0.3, 0.4) is 0 Å². The lowest BCUT2D eigenvalue weighted by Gasteiger charge is -2.37. The van der Waals surface area contributed by atoms with Crippen LogP contribution in [0.15, 0.2) is 24.3 Å². The molecule has 3 atom stereocenters. The van der Waals surface area contributed by atoms with E-state index in [1.165, 1.54) is 5.56 Å². The molecular weight excluding hydrogens is 282 g/mol. The van der Waals surface area contributed by atoms with Crippen LogP contribution in [-0.4, -0.2) is 48.0 Å². The molecule has 2 heterocycles. The average Bonchev–Trinajstić information content (AvgIpc) is 2.78. The van der Waals surface area contributed by atoms with Crippen molar-refractivity contribution in [3.63, 3.8) is 0 Å². The maximum absolute atomic E-state index is 11.3. The number of amides is 1. The third-order valence-electron chi connectivity index (χ3n) is 4.71. The van der Waals surface area contributed by atoms with Gasteiger partial charge >= 0.3 is 6.09 Å². The van der Waals surface area contributed by atoms with Crippen molar-refractivity contribution in [3.05, 3.63) is 29.8 Å². The molecule has 1 amide bonds. The third kappa shape index (κ3) is 3.19. The second kappa shape index (κ2) is 6.57. The van der Waals surface area contributed by atoms with Gasteiger partial charge in [-0.2, -0.15) is 0 Å². The molecule has 2 fully saturated rings. The van der Waals surface area contributed by atoms with E-state index in [-0.39, 0.29) is 18.2 Å². The molecule has 2 aliphatic heterocycles. The van der Waals surface area contributed by atoms with Crippen molar-refractivity contribution in [1.29, 1.82) is 0 Å². The highest BCUT2D eigenvalue weighted by molar-refractivity contribution is 5.66. The van der Waals surface area contributed by atoms with Crippen molar-refractivity contribution in [3.8, 4) is 5.75 Å². The Bertz CT molecular complexity index is 519. The molecule has 2 saturated heterocycles. The fourth-order valence-corrected chi connectivity index (χ4v) is 3.72. The molecule has 22 heavy (non-hydrogen) atoms. The summed E-state index contributed by atoms with van der Waals surface area (Å²) in [6.45, 7) is 0.699. The van der Waals surface area contributed by atoms with Gasteiger partial charge in [0.15, 0.2) is 0 Å². The van der Waals surface area contributed by atoms with Gasteiger partial charge in [0.2, 0.25) is 0 Å². The predicted octanol–water partition coefficient (Wildman–Crippen LogP) is 2.93. The fraction of sp³-hybridized carbons (Fsp3) is 0.588. The predicted molar refractivity (Wildman–Crippen MR) is 82.3 cm³/mol. The van der Waals surface area contributed by atoms with Crippen molar-refractivity contribution in [2.45, 2.75) is 50.3 Å². The van der Waals surface area contributed by atoms with Crippen molar-refractivity contribution in [1.82, 2.24) is 4.90 Å². The normalized spacial score (nSPS) is 27.0. The molecule has 120 valence electrons. The molecule has 5 heteroatoms. The molecule has 2 bridgehead atoms. The minimum Gasteiger partial charge on any atom is -0.490 e. The van der Waals surface area contributed by atoms with E-state index in [0.717, 1.165) is 37.9 Å². The van der Waals surface area contributed by atoms with Crippen LogP contribution in [0, 0.1) is 0 Å². The molecule has 1 aromatic carbocycles. The van der Waals surface area contributed by atoms with Gasteiger partial charge in [0.05, 0.1) is 6.61 Å². The molecule has 0 aromatic heterocycles. The van der Waals surface area contributed by atoms with Crippen LogP contribution in [0.4, 0.5) is 4.79 Å². The van der Waals surface area contributed by atoms with Crippen molar-refractivity contribution in [2.75, 3.05) is 13.7 Å². The highest BCUT2D eigenvalue weighted by Gasteiger charge is 2.44. The van der Waals surface area contributed by atoms with E-state index in [2.05, 4.69) is 12.1 Å². The van der Waals surface area contributed by atoms with Gasteiger partial charge in [-0.15, -0.1) is 0 Å². The van der Waals surface area contributed by atoms with Gasteiger partial charge in [-0.05, 0) is 37.0 Å². The monoisotopic (exact) mass is 305 g/mol. The zero-order chi connectivity index (χ0) is 15.5. The molecular formula is C17H23NO4. The van der Waals surface area contributed by atoms with Gasteiger partial charge in [-0.25, -0.2) is 4.79 Å². The standard InChI is InChI=1S/C17H23NO4/c1-21-8-7-12-3-2-4-15(9-12)22-16-10-13-5-6-14(11-16)18(13)17(19)20/h2-4,9,13-14,16H,5-8,10-11H2,1H3,(H,19,20)/t13-,14+,16+. The molecule has 5 nitrogen and oxygen atoms in total. The summed E-state index contributed by atoms with van der Waals surface area (Å²) in [5.41, 5.74) is 1.20. The molecule has 0 unspecified atom stereocenters. The Morgan fingerprint density at radius 2 is 2.05 bits per heavy atom. The number of fused-ring (bicyclic) bond motifs is 2. The molecule has 2 aliphatic rings. The number of carbonyl (C=O) groups is 1. The number of methoxy groups -OCH3 is 1. The fourth-order valence-electron chi connectivity index (χ4n) is 3.72. The second-order valence-corrected chi connectivity index (χ2v) is 6.18. The maximum atomic E-state index is 11.3. The van der Waals surface area contributed by atoms with Crippen LogP contribution in [0.5, 0.6) is 5.75 Å². The van der Waals surface area contributed by atoms with Crippen LogP contribution in [0.2, 0.25) is 0 Å². The maximum Gasteiger partial charge on any atom is 0.407 e. The average molecular weight is 305 g/mol. The van der Waals surface area contributed by atoms with E-state index >= 15 is 0 Å². The summed E-state index contributed by atoms with van der Waals surface area (Å²) in [5.74, 6) is 0.877. The van der Waals surface area contributed by atoms with Gasteiger partial charge in [0.1, 0.15) is 11.9 Å². The highest BCUT2D eigenvalue weighted by atomic mass is 16.5. The Balaban J connectivity index is 1.62. The minimum atomic E-state index is -0.785. The number of ether oxygens (including phenoxy) is 2. The van der Waals surface area contributed by atoms with Crippen LogP contribution >= 0.6 is 0 Å². The van der Waals surface area contributed by atoms with Crippen molar-refractivity contribution < 1.29 is 19.4 Å². The molecule has 0 spiro atoms. The van der Waals surface area contributed by atoms with E-state index < -0.39 is 6.09 Å². The molecule has 1 aromatic rings. The molecule has 3 rings (SSSR count). The van der Waals surface area contributed by atoms with E-state index in [9.17, 15) is 9.90 Å². The van der Waals surface area contributed by atoms with Crippen LogP contribution < -0.4 is 4.74 Å².